The summed E-state index contributed by atoms with van der Waals surface area (Å²) in [6.07, 6.45) is 5.90. The number of benzene rings is 1. The highest BCUT2D eigenvalue weighted by Crippen LogP contribution is 2.05. The summed E-state index contributed by atoms with van der Waals surface area (Å²) in [4.78, 5) is 21.3. The zero-order chi connectivity index (χ0) is 21.0. The van der Waals surface area contributed by atoms with Crippen LogP contribution in [0.4, 0.5) is 0 Å². The molecule has 2 heterocycles. The molecular formula is C23H32IN5O2. The minimum Gasteiger partial charge on any atom is -0.459 e. The van der Waals surface area contributed by atoms with Gasteiger partial charge in [0.2, 0.25) is 0 Å². The number of carbonyl (C=O) groups excluding carboxylic acids is 1. The molecule has 2 N–H and O–H groups in total. The number of furan rings is 1. The first-order chi connectivity index (χ1) is 14.8. The Morgan fingerprint density at radius 1 is 1.10 bits per heavy atom. The monoisotopic (exact) mass is 537 g/mol. The van der Waals surface area contributed by atoms with Gasteiger partial charge in [-0.15, -0.1) is 24.0 Å². The normalized spacial score (nSPS) is 15.0. The molecule has 31 heavy (non-hydrogen) atoms. The molecule has 8 heteroatoms. The van der Waals surface area contributed by atoms with Crippen LogP contribution in [-0.4, -0.2) is 74.0 Å². The van der Waals surface area contributed by atoms with Gasteiger partial charge in [-0.05, 0) is 24.6 Å². The van der Waals surface area contributed by atoms with Crippen molar-refractivity contribution >= 4 is 41.9 Å². The van der Waals surface area contributed by atoms with Crippen LogP contribution in [-0.2, 0) is 0 Å². The molecule has 0 aliphatic carbocycles. The molecule has 0 unspecified atom stereocenters. The molecule has 168 valence electrons. The van der Waals surface area contributed by atoms with Crippen LogP contribution in [0.3, 0.4) is 0 Å². The number of hydrogen-bond acceptors (Lipinski definition) is 4. The highest BCUT2D eigenvalue weighted by molar-refractivity contribution is 14.0. The van der Waals surface area contributed by atoms with Crippen LogP contribution >= 0.6 is 24.0 Å². The molecule has 0 saturated carbocycles. The van der Waals surface area contributed by atoms with E-state index in [-0.39, 0.29) is 29.9 Å². The Morgan fingerprint density at radius 3 is 2.55 bits per heavy atom. The van der Waals surface area contributed by atoms with Gasteiger partial charge >= 0.3 is 0 Å². The Labute approximate surface area is 201 Å². The number of nitrogens with one attached hydrogen (secondary N) is 2. The first kappa shape index (κ1) is 24.9. The Kier molecular flexibility index (Phi) is 11.2. The summed E-state index contributed by atoms with van der Waals surface area (Å²) in [5.74, 6) is 1.02. The molecule has 1 aromatic carbocycles. The summed E-state index contributed by atoms with van der Waals surface area (Å²) < 4.78 is 5.09. The lowest BCUT2D eigenvalue weighted by atomic mass is 10.2. The summed E-state index contributed by atoms with van der Waals surface area (Å²) in [6.45, 7) is 8.70. The highest BCUT2D eigenvalue weighted by atomic mass is 127. The first-order valence-electron chi connectivity index (χ1n) is 10.5. The van der Waals surface area contributed by atoms with Crippen LogP contribution in [0.25, 0.3) is 6.08 Å². The van der Waals surface area contributed by atoms with E-state index in [2.05, 4.69) is 68.8 Å². The van der Waals surface area contributed by atoms with Crippen molar-refractivity contribution in [2.45, 2.75) is 6.92 Å². The average Bonchev–Trinajstić information content (AvgIpc) is 3.32. The Hall–Kier alpha value is -2.33. The topological polar surface area (TPSA) is 73.1 Å². The summed E-state index contributed by atoms with van der Waals surface area (Å²) in [5, 5.41) is 6.19. The van der Waals surface area contributed by atoms with Crippen molar-refractivity contribution < 1.29 is 9.21 Å². The molecule has 1 aliphatic heterocycles. The van der Waals surface area contributed by atoms with E-state index < -0.39 is 0 Å². The number of guanidine groups is 1. The third kappa shape index (κ3) is 8.37. The maximum atomic E-state index is 11.9. The molecule has 0 radical (unpaired) electrons. The zero-order valence-electron chi connectivity index (χ0n) is 18.0. The van der Waals surface area contributed by atoms with E-state index in [0.717, 1.165) is 45.2 Å². The van der Waals surface area contributed by atoms with Crippen molar-refractivity contribution in [1.29, 1.82) is 0 Å². The molecule has 1 saturated heterocycles. The molecule has 7 nitrogen and oxygen atoms in total. The number of nitrogens with zero attached hydrogens (tertiary/aromatic N) is 3. The lowest BCUT2D eigenvalue weighted by Crippen LogP contribution is -2.52. The molecule has 2 aromatic rings. The van der Waals surface area contributed by atoms with E-state index in [1.165, 1.54) is 11.8 Å². The van der Waals surface area contributed by atoms with E-state index in [4.69, 9.17) is 4.42 Å². The third-order valence-electron chi connectivity index (χ3n) is 4.88. The summed E-state index contributed by atoms with van der Waals surface area (Å²) >= 11 is 0. The van der Waals surface area contributed by atoms with E-state index in [1.54, 1.807) is 12.1 Å². The predicted octanol–water partition coefficient (Wildman–Crippen LogP) is 2.92. The van der Waals surface area contributed by atoms with Crippen molar-refractivity contribution in [2.75, 3.05) is 52.4 Å². The van der Waals surface area contributed by atoms with Gasteiger partial charge in [-0.25, -0.2) is 0 Å². The van der Waals surface area contributed by atoms with Gasteiger partial charge in [-0.2, -0.15) is 0 Å². The first-order valence-corrected chi connectivity index (χ1v) is 10.5. The molecule has 0 spiro atoms. The number of halogens is 1. The molecule has 1 aromatic heterocycles. The van der Waals surface area contributed by atoms with Gasteiger partial charge < -0.3 is 20.0 Å². The lowest BCUT2D eigenvalue weighted by molar-refractivity contribution is 0.0927. The van der Waals surface area contributed by atoms with Gasteiger partial charge in [0.15, 0.2) is 11.7 Å². The van der Waals surface area contributed by atoms with Gasteiger partial charge in [0.25, 0.3) is 5.91 Å². The molecule has 1 amide bonds. The number of carbonyl (C=O) groups is 1. The number of piperazine rings is 1. The summed E-state index contributed by atoms with van der Waals surface area (Å²) in [6, 6.07) is 13.7. The standard InChI is InChI=1S/C23H31N5O2.HI/c1-2-24-23(26-13-12-25-22(29)21-11-7-19-30-21)28-17-15-27(16-18-28)14-6-10-20-8-4-3-5-9-20;/h3-11,19H,2,12-18H2,1H3,(H,24,26)(H,25,29);1H/b10-6+;. The molecule has 1 aliphatic rings. The van der Waals surface area contributed by atoms with Crippen LogP contribution in [0.1, 0.15) is 23.0 Å². The summed E-state index contributed by atoms with van der Waals surface area (Å²) in [5.41, 5.74) is 1.23. The Morgan fingerprint density at radius 2 is 1.87 bits per heavy atom. The fourth-order valence-corrected chi connectivity index (χ4v) is 3.30. The predicted molar refractivity (Wildman–Crippen MR) is 136 cm³/mol. The second-order valence-electron chi connectivity index (χ2n) is 7.07. The van der Waals surface area contributed by atoms with E-state index in [0.29, 0.717) is 18.8 Å². The van der Waals surface area contributed by atoms with Crippen molar-refractivity contribution in [3.05, 3.63) is 66.1 Å². The van der Waals surface area contributed by atoms with Gasteiger partial charge in [-0.3, -0.25) is 14.7 Å². The largest absolute Gasteiger partial charge is 0.459 e. The second-order valence-corrected chi connectivity index (χ2v) is 7.07. The Balaban J connectivity index is 0.00000341. The SMILES string of the molecule is CCNC(=NCCNC(=O)c1ccco1)N1CCN(C/C=C/c2ccccc2)CC1.I. The fraction of sp³-hybridized carbons (Fsp3) is 0.391. The number of rotatable bonds is 8. The number of hydrogen-bond donors (Lipinski definition) is 2. The van der Waals surface area contributed by atoms with Gasteiger partial charge in [0.05, 0.1) is 12.8 Å². The third-order valence-corrected chi connectivity index (χ3v) is 4.88. The maximum absolute atomic E-state index is 11.9. The maximum Gasteiger partial charge on any atom is 0.287 e. The van der Waals surface area contributed by atoms with Crippen molar-refractivity contribution in [1.82, 2.24) is 20.4 Å². The highest BCUT2D eigenvalue weighted by Gasteiger charge is 2.18. The number of amides is 1. The van der Waals surface area contributed by atoms with Crippen molar-refractivity contribution in [2.24, 2.45) is 4.99 Å². The molecule has 3 rings (SSSR count). The van der Waals surface area contributed by atoms with Gasteiger partial charge in [0, 0.05) is 45.8 Å². The van der Waals surface area contributed by atoms with E-state index in [1.807, 2.05) is 6.07 Å². The Bertz CT molecular complexity index is 816. The van der Waals surface area contributed by atoms with Crippen molar-refractivity contribution in [3.8, 4) is 0 Å². The minimum atomic E-state index is -0.211. The minimum absolute atomic E-state index is 0. The van der Waals surface area contributed by atoms with Crippen LogP contribution in [0.2, 0.25) is 0 Å². The van der Waals surface area contributed by atoms with Crippen LogP contribution in [0.5, 0.6) is 0 Å². The average molecular weight is 537 g/mol. The van der Waals surface area contributed by atoms with Crippen LogP contribution < -0.4 is 10.6 Å². The zero-order valence-corrected chi connectivity index (χ0v) is 20.3. The lowest BCUT2D eigenvalue weighted by Gasteiger charge is -2.36. The van der Waals surface area contributed by atoms with Gasteiger partial charge in [0.1, 0.15) is 0 Å². The summed E-state index contributed by atoms with van der Waals surface area (Å²) in [7, 11) is 0. The fourth-order valence-electron chi connectivity index (χ4n) is 3.30. The van der Waals surface area contributed by atoms with E-state index >= 15 is 0 Å². The second kappa shape index (κ2) is 13.9. The van der Waals surface area contributed by atoms with Crippen LogP contribution in [0, 0.1) is 0 Å². The molecule has 0 bridgehead atoms. The molecule has 1 fully saturated rings. The van der Waals surface area contributed by atoms with E-state index in [9.17, 15) is 4.79 Å². The molecular weight excluding hydrogens is 505 g/mol. The van der Waals surface area contributed by atoms with Gasteiger partial charge in [-0.1, -0.05) is 42.5 Å². The van der Waals surface area contributed by atoms with Crippen molar-refractivity contribution in [3.63, 3.8) is 0 Å². The molecule has 0 atom stereocenters. The van der Waals surface area contributed by atoms with Crippen LogP contribution in [0.15, 0.2) is 64.2 Å². The quantitative estimate of drug-likeness (QED) is 0.235. The smallest absolute Gasteiger partial charge is 0.287 e. The number of aliphatic imine (C=N–C) groups is 1.